The summed E-state index contributed by atoms with van der Waals surface area (Å²) in [6.07, 6.45) is 0. The van der Waals surface area contributed by atoms with Crippen molar-refractivity contribution in [3.8, 4) is 0 Å². The second-order valence-electron chi connectivity index (χ2n) is 5.13. The van der Waals surface area contributed by atoms with Crippen LogP contribution in [0.2, 0.25) is 0 Å². The van der Waals surface area contributed by atoms with E-state index < -0.39 is 17.1 Å². The molecule has 0 atom stereocenters. The maximum absolute atomic E-state index is 12.5. The van der Waals surface area contributed by atoms with E-state index in [4.69, 9.17) is 10.1 Å². The predicted molar refractivity (Wildman–Crippen MR) is 92.1 cm³/mol. The number of methoxy groups -OCH3 is 1. The molecule has 0 radical (unpaired) electrons. The highest BCUT2D eigenvalue weighted by Gasteiger charge is 2.22. The normalized spacial score (nSPS) is 11.0. The van der Waals surface area contributed by atoms with Gasteiger partial charge in [-0.1, -0.05) is 23.8 Å². The Bertz CT molecular complexity index is 851. The third-order valence-corrected chi connectivity index (χ3v) is 4.75. The molecule has 7 nitrogen and oxygen atoms in total. The standard InChI is InChI=1S/C15H17BN2O5S/c1-10-3-6-12(7-4-10)24(21,22)18-14-9-11(15(17)23-2)5-8-13(14)16(19)20/h3-9,17-20H,1-2H3. The quantitative estimate of drug-likeness (QED) is 0.355. The van der Waals surface area contributed by atoms with Crippen molar-refractivity contribution in [1.29, 1.82) is 5.41 Å². The number of nitrogens with one attached hydrogen (secondary N) is 2. The fourth-order valence-electron chi connectivity index (χ4n) is 2.05. The van der Waals surface area contributed by atoms with E-state index in [1.807, 2.05) is 6.92 Å². The fourth-order valence-corrected chi connectivity index (χ4v) is 3.13. The number of anilines is 1. The molecule has 126 valence electrons. The first-order valence-corrected chi connectivity index (χ1v) is 8.45. The molecule has 9 heteroatoms. The van der Waals surface area contributed by atoms with Crippen molar-refractivity contribution in [3.05, 3.63) is 53.6 Å². The number of rotatable bonds is 5. The zero-order valence-electron chi connectivity index (χ0n) is 13.1. The lowest BCUT2D eigenvalue weighted by Gasteiger charge is -2.14. The summed E-state index contributed by atoms with van der Waals surface area (Å²) in [4.78, 5) is 0.0405. The van der Waals surface area contributed by atoms with Gasteiger partial charge in [-0.05, 0) is 31.2 Å². The first kappa shape index (κ1) is 18.0. The molecule has 0 saturated heterocycles. The molecule has 0 saturated carbocycles. The minimum Gasteiger partial charge on any atom is -0.481 e. The van der Waals surface area contributed by atoms with Crippen LogP contribution in [0.5, 0.6) is 0 Å². The lowest BCUT2D eigenvalue weighted by molar-refractivity contribution is 0.401. The smallest absolute Gasteiger partial charge is 0.481 e. The summed E-state index contributed by atoms with van der Waals surface area (Å²) < 4.78 is 32.1. The Balaban J connectivity index is 2.46. The molecule has 2 aromatic rings. The molecule has 0 unspecified atom stereocenters. The van der Waals surface area contributed by atoms with E-state index in [1.54, 1.807) is 12.1 Å². The van der Waals surface area contributed by atoms with Gasteiger partial charge in [0.2, 0.25) is 5.90 Å². The molecule has 0 aromatic heterocycles. The predicted octanol–water partition coefficient (Wildman–Crippen LogP) is 0.447. The van der Waals surface area contributed by atoms with Crippen molar-refractivity contribution in [2.45, 2.75) is 11.8 Å². The van der Waals surface area contributed by atoms with Gasteiger partial charge in [-0.3, -0.25) is 10.1 Å². The van der Waals surface area contributed by atoms with Crippen LogP contribution in [0, 0.1) is 12.3 Å². The van der Waals surface area contributed by atoms with E-state index in [1.165, 1.54) is 37.4 Å². The van der Waals surface area contributed by atoms with E-state index in [0.717, 1.165) is 5.56 Å². The van der Waals surface area contributed by atoms with Crippen LogP contribution in [-0.4, -0.2) is 38.6 Å². The van der Waals surface area contributed by atoms with Gasteiger partial charge < -0.3 is 14.8 Å². The lowest BCUT2D eigenvalue weighted by atomic mass is 9.78. The highest BCUT2D eigenvalue weighted by atomic mass is 32.2. The Hall–Kier alpha value is -2.36. The first-order valence-electron chi connectivity index (χ1n) is 6.97. The highest BCUT2D eigenvalue weighted by molar-refractivity contribution is 7.92. The molecule has 4 N–H and O–H groups in total. The topological polar surface area (TPSA) is 120 Å². The molecule has 0 heterocycles. The van der Waals surface area contributed by atoms with Crippen LogP contribution in [0.1, 0.15) is 11.1 Å². The maximum atomic E-state index is 12.5. The largest absolute Gasteiger partial charge is 0.490 e. The summed E-state index contributed by atoms with van der Waals surface area (Å²) in [7, 11) is -4.48. The molecule has 0 aliphatic heterocycles. The van der Waals surface area contributed by atoms with Crippen LogP contribution in [0.4, 0.5) is 5.69 Å². The second kappa shape index (κ2) is 7.04. The SMILES string of the molecule is COC(=N)c1ccc(B(O)O)c(NS(=O)(=O)c2ccc(C)cc2)c1. The monoisotopic (exact) mass is 348 g/mol. The summed E-state index contributed by atoms with van der Waals surface area (Å²) in [6.45, 7) is 1.84. The Morgan fingerprint density at radius 2 is 1.79 bits per heavy atom. The number of hydrogen-bond acceptors (Lipinski definition) is 6. The van der Waals surface area contributed by atoms with Crippen LogP contribution in [-0.2, 0) is 14.8 Å². The van der Waals surface area contributed by atoms with Crippen molar-refractivity contribution in [1.82, 2.24) is 0 Å². The second-order valence-corrected chi connectivity index (χ2v) is 6.81. The summed E-state index contributed by atoms with van der Waals surface area (Å²) >= 11 is 0. The molecule has 0 bridgehead atoms. The lowest BCUT2D eigenvalue weighted by Crippen LogP contribution is -2.34. The van der Waals surface area contributed by atoms with Gasteiger partial charge in [0.1, 0.15) is 0 Å². The van der Waals surface area contributed by atoms with Crippen LogP contribution in [0.3, 0.4) is 0 Å². The zero-order chi connectivity index (χ0) is 17.9. The minimum atomic E-state index is -3.92. The van der Waals surface area contributed by atoms with E-state index in [0.29, 0.717) is 5.56 Å². The van der Waals surface area contributed by atoms with Crippen LogP contribution in [0.15, 0.2) is 47.4 Å². The van der Waals surface area contributed by atoms with Crippen LogP contribution >= 0.6 is 0 Å². The molecule has 2 aromatic carbocycles. The van der Waals surface area contributed by atoms with Gasteiger partial charge in [-0.2, -0.15) is 0 Å². The van der Waals surface area contributed by atoms with Gasteiger partial charge in [0.25, 0.3) is 10.0 Å². The van der Waals surface area contributed by atoms with Crippen molar-refractivity contribution in [3.63, 3.8) is 0 Å². The van der Waals surface area contributed by atoms with Crippen molar-refractivity contribution >= 4 is 34.2 Å². The molecular weight excluding hydrogens is 331 g/mol. The van der Waals surface area contributed by atoms with E-state index in [-0.39, 0.29) is 21.9 Å². The average Bonchev–Trinajstić information content (AvgIpc) is 2.53. The summed E-state index contributed by atoms with van der Waals surface area (Å²) in [5, 5.41) is 26.5. The van der Waals surface area contributed by atoms with E-state index in [2.05, 4.69) is 4.72 Å². The molecule has 0 aliphatic carbocycles. The van der Waals surface area contributed by atoms with E-state index >= 15 is 0 Å². The van der Waals surface area contributed by atoms with E-state index in [9.17, 15) is 18.5 Å². The Labute approximate surface area is 140 Å². The third kappa shape index (κ3) is 3.94. The molecule has 0 spiro atoms. The average molecular weight is 348 g/mol. The summed E-state index contributed by atoms with van der Waals surface area (Å²) in [5.41, 5.74) is 1.14. The Morgan fingerprint density at radius 1 is 1.17 bits per heavy atom. The fraction of sp³-hybridized carbons (Fsp3) is 0.133. The highest BCUT2D eigenvalue weighted by Crippen LogP contribution is 2.17. The van der Waals surface area contributed by atoms with Gasteiger partial charge in [0, 0.05) is 16.7 Å². The molecular formula is C15H17BN2O5S. The Morgan fingerprint density at radius 3 is 2.33 bits per heavy atom. The summed E-state index contributed by atoms with van der Waals surface area (Å²) in [6, 6.07) is 10.3. The number of hydrogen-bond donors (Lipinski definition) is 4. The van der Waals surface area contributed by atoms with Gasteiger partial charge in [-0.15, -0.1) is 0 Å². The maximum Gasteiger partial charge on any atom is 0.490 e. The van der Waals surface area contributed by atoms with Gasteiger partial charge in [-0.25, -0.2) is 8.42 Å². The first-order chi connectivity index (χ1) is 11.2. The molecule has 24 heavy (non-hydrogen) atoms. The number of benzene rings is 2. The van der Waals surface area contributed by atoms with Gasteiger partial charge >= 0.3 is 7.12 Å². The zero-order valence-corrected chi connectivity index (χ0v) is 14.0. The number of sulfonamides is 1. The molecule has 0 aliphatic rings. The van der Waals surface area contributed by atoms with Crippen molar-refractivity contribution in [2.75, 3.05) is 11.8 Å². The van der Waals surface area contributed by atoms with Crippen molar-refractivity contribution < 1.29 is 23.2 Å². The minimum absolute atomic E-state index is 0.0293. The third-order valence-electron chi connectivity index (χ3n) is 3.37. The summed E-state index contributed by atoms with van der Waals surface area (Å²) in [5.74, 6) is -0.176. The van der Waals surface area contributed by atoms with Crippen LogP contribution < -0.4 is 10.2 Å². The Kier molecular flexibility index (Phi) is 5.28. The van der Waals surface area contributed by atoms with Crippen LogP contribution in [0.25, 0.3) is 0 Å². The molecule has 0 amide bonds. The number of ether oxygens (including phenoxy) is 1. The number of aryl methyl sites for hydroxylation is 1. The van der Waals surface area contributed by atoms with Gasteiger partial charge in [0.05, 0.1) is 12.0 Å². The van der Waals surface area contributed by atoms with Gasteiger partial charge in [0.15, 0.2) is 0 Å². The van der Waals surface area contributed by atoms with Crippen molar-refractivity contribution in [2.24, 2.45) is 0 Å². The molecule has 2 rings (SSSR count). The molecule has 0 fully saturated rings.